The zero-order valence-electron chi connectivity index (χ0n) is 4.44. The number of hydrogen-bond donors (Lipinski definition) is 3. The monoisotopic (exact) mass is 127 g/mol. The molecule has 0 aliphatic carbocycles. The number of nitrogens with one attached hydrogen (secondary N) is 1. The SMILES string of the molecule is ON=c1[nH]ccnc1O. The number of nitrogens with zero attached hydrogens (tertiary/aromatic N) is 2. The highest BCUT2D eigenvalue weighted by molar-refractivity contribution is 4.97. The van der Waals surface area contributed by atoms with Gasteiger partial charge in [-0.2, -0.15) is 0 Å². The van der Waals surface area contributed by atoms with Crippen LogP contribution in [0.5, 0.6) is 5.88 Å². The molecule has 0 spiro atoms. The first-order valence-electron chi connectivity index (χ1n) is 2.25. The number of aromatic nitrogens is 2. The molecule has 0 saturated carbocycles. The van der Waals surface area contributed by atoms with E-state index in [0.29, 0.717) is 0 Å². The summed E-state index contributed by atoms with van der Waals surface area (Å²) in [4.78, 5) is 5.88. The average molecular weight is 127 g/mol. The molecule has 0 saturated heterocycles. The highest BCUT2D eigenvalue weighted by Crippen LogP contribution is 1.85. The lowest BCUT2D eigenvalue weighted by Crippen LogP contribution is -2.07. The van der Waals surface area contributed by atoms with Crippen molar-refractivity contribution in [3.63, 3.8) is 0 Å². The van der Waals surface area contributed by atoms with Gasteiger partial charge in [0.1, 0.15) is 0 Å². The van der Waals surface area contributed by atoms with Crippen LogP contribution in [0.3, 0.4) is 0 Å². The van der Waals surface area contributed by atoms with Crippen molar-refractivity contribution in [1.29, 1.82) is 0 Å². The Morgan fingerprint density at radius 1 is 1.67 bits per heavy atom. The number of aromatic amines is 1. The molecule has 0 unspecified atom stereocenters. The Hall–Kier alpha value is -1.52. The third-order valence-corrected chi connectivity index (χ3v) is 0.803. The van der Waals surface area contributed by atoms with E-state index in [1.165, 1.54) is 12.4 Å². The molecule has 0 atom stereocenters. The number of aromatic hydroxyl groups is 1. The Kier molecular flexibility index (Phi) is 1.35. The molecule has 9 heavy (non-hydrogen) atoms. The van der Waals surface area contributed by atoms with Crippen LogP contribution in [0.1, 0.15) is 0 Å². The summed E-state index contributed by atoms with van der Waals surface area (Å²) in [5.41, 5.74) is -0.0440. The predicted molar refractivity (Wildman–Crippen MR) is 27.6 cm³/mol. The van der Waals surface area contributed by atoms with Gasteiger partial charge in [-0.3, -0.25) is 0 Å². The van der Waals surface area contributed by atoms with Crippen molar-refractivity contribution in [1.82, 2.24) is 9.97 Å². The average Bonchev–Trinajstić information content (AvgIpc) is 1.89. The second-order valence-corrected chi connectivity index (χ2v) is 1.36. The van der Waals surface area contributed by atoms with E-state index in [1.54, 1.807) is 0 Å². The fraction of sp³-hybridized carbons (Fsp3) is 0. The van der Waals surface area contributed by atoms with Crippen LogP contribution in [0.2, 0.25) is 0 Å². The van der Waals surface area contributed by atoms with E-state index in [9.17, 15) is 0 Å². The summed E-state index contributed by atoms with van der Waals surface area (Å²) in [7, 11) is 0. The molecule has 1 aromatic heterocycles. The minimum Gasteiger partial charge on any atom is -0.491 e. The Balaban J connectivity index is 3.33. The lowest BCUT2D eigenvalue weighted by molar-refractivity contribution is 0.291. The van der Waals surface area contributed by atoms with Gasteiger partial charge in [-0.05, 0) is 0 Å². The molecule has 0 amide bonds. The Morgan fingerprint density at radius 3 is 2.89 bits per heavy atom. The van der Waals surface area contributed by atoms with E-state index in [2.05, 4.69) is 15.1 Å². The number of H-pyrrole nitrogens is 1. The van der Waals surface area contributed by atoms with E-state index in [0.717, 1.165) is 0 Å². The summed E-state index contributed by atoms with van der Waals surface area (Å²) in [5, 5.41) is 19.5. The second kappa shape index (κ2) is 2.17. The minimum atomic E-state index is -0.319. The normalized spacial score (nSPS) is 11.8. The molecular formula is C4H5N3O2. The van der Waals surface area contributed by atoms with Gasteiger partial charge in [0.2, 0.25) is 5.49 Å². The first-order valence-corrected chi connectivity index (χ1v) is 2.25. The van der Waals surface area contributed by atoms with Crippen molar-refractivity contribution in [2.45, 2.75) is 0 Å². The van der Waals surface area contributed by atoms with E-state index in [1.807, 2.05) is 0 Å². The summed E-state index contributed by atoms with van der Waals surface area (Å²) in [6.07, 6.45) is 2.79. The molecule has 0 fully saturated rings. The maximum Gasteiger partial charge on any atom is 0.258 e. The molecular weight excluding hydrogens is 122 g/mol. The van der Waals surface area contributed by atoms with Crippen LogP contribution in [0.15, 0.2) is 17.5 Å². The fourth-order valence-electron chi connectivity index (χ4n) is 0.423. The number of rotatable bonds is 0. The quantitative estimate of drug-likeness (QED) is 0.321. The van der Waals surface area contributed by atoms with Crippen molar-refractivity contribution in [2.24, 2.45) is 5.16 Å². The van der Waals surface area contributed by atoms with Gasteiger partial charge in [-0.1, -0.05) is 5.16 Å². The molecule has 1 heterocycles. The predicted octanol–water partition coefficient (Wildman–Crippen LogP) is -0.595. The standard InChI is InChI=1S/C4H5N3O2/c8-4-3(7-9)5-1-2-6-4/h1-2,9H,(H,5,7)(H,6,8). The topological polar surface area (TPSA) is 81.5 Å². The third-order valence-electron chi connectivity index (χ3n) is 0.803. The van der Waals surface area contributed by atoms with Crippen LogP contribution in [-0.2, 0) is 0 Å². The summed E-state index contributed by atoms with van der Waals surface area (Å²) < 4.78 is 0. The molecule has 48 valence electrons. The van der Waals surface area contributed by atoms with Crippen molar-refractivity contribution < 1.29 is 10.3 Å². The smallest absolute Gasteiger partial charge is 0.258 e. The van der Waals surface area contributed by atoms with Crippen molar-refractivity contribution in [3.8, 4) is 5.88 Å². The van der Waals surface area contributed by atoms with Crippen LogP contribution in [-0.4, -0.2) is 20.3 Å². The maximum atomic E-state index is 8.71. The molecule has 0 aliphatic rings. The first kappa shape index (κ1) is 5.61. The van der Waals surface area contributed by atoms with Gasteiger partial charge < -0.3 is 15.3 Å². The Bertz CT molecular complexity index is 254. The molecule has 0 radical (unpaired) electrons. The molecule has 0 aromatic carbocycles. The molecule has 5 heteroatoms. The van der Waals surface area contributed by atoms with E-state index in [4.69, 9.17) is 10.3 Å². The summed E-state index contributed by atoms with van der Waals surface area (Å²) in [5.74, 6) is -0.319. The fourth-order valence-corrected chi connectivity index (χ4v) is 0.423. The first-order chi connectivity index (χ1) is 4.34. The zero-order valence-corrected chi connectivity index (χ0v) is 4.44. The maximum absolute atomic E-state index is 8.71. The molecule has 1 aromatic rings. The highest BCUT2D eigenvalue weighted by Gasteiger charge is 1.89. The van der Waals surface area contributed by atoms with Gasteiger partial charge >= 0.3 is 0 Å². The van der Waals surface area contributed by atoms with Crippen molar-refractivity contribution in [3.05, 3.63) is 17.9 Å². The van der Waals surface area contributed by atoms with Crippen molar-refractivity contribution >= 4 is 0 Å². The van der Waals surface area contributed by atoms with E-state index < -0.39 is 0 Å². The van der Waals surface area contributed by atoms with Crippen LogP contribution < -0.4 is 5.49 Å². The Morgan fingerprint density at radius 2 is 2.44 bits per heavy atom. The lowest BCUT2D eigenvalue weighted by Gasteiger charge is -1.86. The molecule has 1 rings (SSSR count). The van der Waals surface area contributed by atoms with Crippen LogP contribution in [0.4, 0.5) is 0 Å². The Labute approximate surface area is 50.3 Å². The summed E-state index contributed by atoms with van der Waals surface area (Å²) in [6, 6.07) is 0. The van der Waals surface area contributed by atoms with Gasteiger partial charge in [0.25, 0.3) is 5.88 Å². The van der Waals surface area contributed by atoms with E-state index in [-0.39, 0.29) is 11.4 Å². The molecule has 5 nitrogen and oxygen atoms in total. The summed E-state index contributed by atoms with van der Waals surface area (Å²) in [6.45, 7) is 0. The van der Waals surface area contributed by atoms with Gasteiger partial charge in [0.15, 0.2) is 0 Å². The van der Waals surface area contributed by atoms with Crippen LogP contribution in [0, 0.1) is 0 Å². The number of hydrogen-bond acceptors (Lipinski definition) is 4. The minimum absolute atomic E-state index is 0.0440. The van der Waals surface area contributed by atoms with E-state index >= 15 is 0 Å². The largest absolute Gasteiger partial charge is 0.491 e. The highest BCUT2D eigenvalue weighted by atomic mass is 16.4. The van der Waals surface area contributed by atoms with Crippen LogP contribution >= 0.6 is 0 Å². The van der Waals surface area contributed by atoms with Gasteiger partial charge in [-0.25, -0.2) is 4.98 Å². The molecule has 3 N–H and O–H groups in total. The second-order valence-electron chi connectivity index (χ2n) is 1.36. The van der Waals surface area contributed by atoms with Crippen molar-refractivity contribution in [2.75, 3.05) is 0 Å². The lowest BCUT2D eigenvalue weighted by atomic mass is 10.7. The zero-order chi connectivity index (χ0) is 6.69. The molecule has 0 aliphatic heterocycles. The summed E-state index contributed by atoms with van der Waals surface area (Å²) >= 11 is 0. The van der Waals surface area contributed by atoms with Gasteiger partial charge in [0.05, 0.1) is 0 Å². The molecule has 0 bridgehead atoms. The third kappa shape index (κ3) is 0.987. The van der Waals surface area contributed by atoms with Gasteiger partial charge in [0, 0.05) is 12.4 Å². The van der Waals surface area contributed by atoms with Gasteiger partial charge in [-0.15, -0.1) is 0 Å². The van der Waals surface area contributed by atoms with Crippen LogP contribution in [0.25, 0.3) is 0 Å².